The van der Waals surface area contributed by atoms with Gasteiger partial charge in [0.05, 0.1) is 18.8 Å². The van der Waals surface area contributed by atoms with Crippen LogP contribution >= 0.6 is 11.8 Å². The Morgan fingerprint density at radius 3 is 2.53 bits per heavy atom. The van der Waals surface area contributed by atoms with Crippen molar-refractivity contribution in [2.45, 2.75) is 44.6 Å². The zero-order valence-electron chi connectivity index (χ0n) is 10.3. The van der Waals surface area contributed by atoms with Crippen molar-refractivity contribution in [1.29, 1.82) is 0 Å². The van der Waals surface area contributed by atoms with E-state index in [0.29, 0.717) is 18.4 Å². The summed E-state index contributed by atoms with van der Waals surface area (Å²) < 4.78 is 5.31. The minimum Gasteiger partial charge on any atom is -0.389 e. The van der Waals surface area contributed by atoms with Crippen molar-refractivity contribution in [3.8, 4) is 0 Å². The van der Waals surface area contributed by atoms with Crippen molar-refractivity contribution < 1.29 is 9.84 Å². The maximum absolute atomic E-state index is 9.53. The molecule has 2 unspecified atom stereocenters. The van der Waals surface area contributed by atoms with Gasteiger partial charge in [0.25, 0.3) is 0 Å². The minimum atomic E-state index is -0.392. The van der Waals surface area contributed by atoms with Crippen LogP contribution in [0.5, 0.6) is 0 Å². The van der Waals surface area contributed by atoms with Crippen LogP contribution in [0.2, 0.25) is 0 Å². The van der Waals surface area contributed by atoms with Gasteiger partial charge in [0.1, 0.15) is 0 Å². The smallest absolute Gasteiger partial charge is 0.0897 e. The Hall–Kier alpha value is 0.230. The lowest BCUT2D eigenvalue weighted by Gasteiger charge is -2.15. The Balaban J connectivity index is 3.27. The largest absolute Gasteiger partial charge is 0.389 e. The van der Waals surface area contributed by atoms with E-state index in [1.54, 1.807) is 0 Å². The number of thioether (sulfide) groups is 1. The van der Waals surface area contributed by atoms with E-state index in [2.05, 4.69) is 18.5 Å². The molecule has 0 aromatic carbocycles. The van der Waals surface area contributed by atoms with Crippen LogP contribution in [0.15, 0.2) is 0 Å². The molecule has 92 valence electrons. The van der Waals surface area contributed by atoms with Gasteiger partial charge in [-0.1, -0.05) is 6.92 Å². The Bertz CT molecular complexity index is 145. The van der Waals surface area contributed by atoms with E-state index in [4.69, 9.17) is 4.74 Å². The molecule has 0 aliphatic heterocycles. The van der Waals surface area contributed by atoms with Crippen molar-refractivity contribution in [2.75, 3.05) is 26.0 Å². The first-order valence-electron chi connectivity index (χ1n) is 5.59. The first-order valence-corrected chi connectivity index (χ1v) is 6.88. The molecule has 0 aromatic heterocycles. The van der Waals surface area contributed by atoms with Gasteiger partial charge in [-0.2, -0.15) is 11.8 Å². The Morgan fingerprint density at radius 1 is 1.33 bits per heavy atom. The van der Waals surface area contributed by atoms with Crippen LogP contribution in [-0.2, 0) is 4.74 Å². The summed E-state index contributed by atoms with van der Waals surface area (Å²) in [6, 6.07) is 0. The average Bonchev–Trinajstić information content (AvgIpc) is 2.21. The quantitative estimate of drug-likeness (QED) is 0.594. The molecule has 0 amide bonds. The van der Waals surface area contributed by atoms with Gasteiger partial charge >= 0.3 is 0 Å². The van der Waals surface area contributed by atoms with Gasteiger partial charge in [-0.05, 0) is 33.1 Å². The van der Waals surface area contributed by atoms with Crippen molar-refractivity contribution in [1.82, 2.24) is 5.32 Å². The summed E-state index contributed by atoms with van der Waals surface area (Å²) in [4.78, 5) is 0. The van der Waals surface area contributed by atoms with Crippen molar-refractivity contribution >= 4 is 11.8 Å². The molecule has 0 bridgehead atoms. The molecule has 4 heteroatoms. The van der Waals surface area contributed by atoms with Gasteiger partial charge in [-0.15, -0.1) is 0 Å². The number of ether oxygens (including phenoxy) is 1. The number of rotatable bonds is 9. The Morgan fingerprint density at radius 2 is 2.00 bits per heavy atom. The number of aliphatic hydroxyl groups excluding tert-OH is 1. The molecule has 0 saturated carbocycles. The first-order chi connectivity index (χ1) is 7.06. The van der Waals surface area contributed by atoms with Crippen LogP contribution in [0, 0.1) is 0 Å². The Kier molecular flexibility index (Phi) is 9.60. The molecular weight excluding hydrogens is 210 g/mol. The van der Waals surface area contributed by atoms with E-state index >= 15 is 0 Å². The van der Waals surface area contributed by atoms with E-state index in [1.165, 1.54) is 0 Å². The number of hydrogen-bond acceptors (Lipinski definition) is 4. The zero-order chi connectivity index (χ0) is 11.7. The molecule has 0 saturated heterocycles. The summed E-state index contributed by atoms with van der Waals surface area (Å²) in [5, 5.41) is 13.4. The normalized spacial score (nSPS) is 15.6. The third-order valence-electron chi connectivity index (χ3n) is 2.13. The fourth-order valence-electron chi connectivity index (χ4n) is 1.05. The van der Waals surface area contributed by atoms with Crippen LogP contribution in [0.1, 0.15) is 27.2 Å². The molecule has 0 rings (SSSR count). The van der Waals surface area contributed by atoms with Gasteiger partial charge in [0, 0.05) is 11.8 Å². The van der Waals surface area contributed by atoms with Crippen LogP contribution in [0.4, 0.5) is 0 Å². The van der Waals surface area contributed by atoms with Crippen molar-refractivity contribution in [3.63, 3.8) is 0 Å². The van der Waals surface area contributed by atoms with Crippen LogP contribution in [0.25, 0.3) is 0 Å². The van der Waals surface area contributed by atoms with Gasteiger partial charge in [-0.3, -0.25) is 0 Å². The van der Waals surface area contributed by atoms with Crippen molar-refractivity contribution in [2.24, 2.45) is 0 Å². The van der Waals surface area contributed by atoms with Crippen LogP contribution in [0.3, 0.4) is 0 Å². The summed E-state index contributed by atoms with van der Waals surface area (Å²) >= 11 is 1.87. The zero-order valence-corrected chi connectivity index (χ0v) is 11.1. The average molecular weight is 235 g/mol. The second-order valence-electron chi connectivity index (χ2n) is 4.08. The second kappa shape index (κ2) is 9.46. The third kappa shape index (κ3) is 10.5. The molecule has 0 aliphatic carbocycles. The summed E-state index contributed by atoms with van der Waals surface area (Å²) in [7, 11) is 0. The number of hydrogen-bond donors (Lipinski definition) is 2. The minimum absolute atomic E-state index is 0.191. The van der Waals surface area contributed by atoms with Crippen LogP contribution < -0.4 is 5.32 Å². The summed E-state index contributed by atoms with van der Waals surface area (Å²) in [5.74, 6) is 0. The standard InChI is InChI=1S/C11H25NO2S/c1-9(2)14-8-11(13)7-12-6-5-10(3)15-4/h9-13H,5-8H2,1-4H3. The number of nitrogens with one attached hydrogen (secondary N) is 1. The Labute approximate surface area is 98.0 Å². The highest BCUT2D eigenvalue weighted by molar-refractivity contribution is 7.99. The van der Waals surface area contributed by atoms with E-state index in [9.17, 15) is 5.11 Å². The SMILES string of the molecule is CSC(C)CCNCC(O)COC(C)C. The lowest BCUT2D eigenvalue weighted by molar-refractivity contribution is 0.00647. The molecule has 2 atom stereocenters. The molecule has 0 radical (unpaired) electrons. The van der Waals surface area contributed by atoms with E-state index < -0.39 is 6.10 Å². The highest BCUT2D eigenvalue weighted by Crippen LogP contribution is 2.07. The fraction of sp³-hybridized carbons (Fsp3) is 1.00. The van der Waals surface area contributed by atoms with E-state index in [-0.39, 0.29) is 6.10 Å². The second-order valence-corrected chi connectivity index (χ2v) is 5.35. The lowest BCUT2D eigenvalue weighted by atomic mass is 10.3. The lowest BCUT2D eigenvalue weighted by Crippen LogP contribution is -2.32. The summed E-state index contributed by atoms with van der Waals surface area (Å²) in [5.41, 5.74) is 0. The first kappa shape index (κ1) is 15.2. The van der Waals surface area contributed by atoms with Gasteiger partial charge in [0.2, 0.25) is 0 Å². The monoisotopic (exact) mass is 235 g/mol. The molecular formula is C11H25NO2S. The van der Waals surface area contributed by atoms with Crippen LogP contribution in [-0.4, -0.2) is 48.5 Å². The molecule has 0 fully saturated rings. The molecule has 0 aromatic rings. The predicted octanol–water partition coefficient (Wildman–Crippen LogP) is 1.50. The molecule has 0 aliphatic rings. The highest BCUT2D eigenvalue weighted by Gasteiger charge is 2.05. The number of aliphatic hydroxyl groups is 1. The molecule has 2 N–H and O–H groups in total. The topological polar surface area (TPSA) is 41.5 Å². The molecule has 15 heavy (non-hydrogen) atoms. The van der Waals surface area contributed by atoms with E-state index in [1.807, 2.05) is 25.6 Å². The molecule has 0 spiro atoms. The predicted molar refractivity (Wildman–Crippen MR) is 67.6 cm³/mol. The van der Waals surface area contributed by atoms with Gasteiger partial charge in [0.15, 0.2) is 0 Å². The molecule has 3 nitrogen and oxygen atoms in total. The maximum atomic E-state index is 9.53. The molecule has 0 heterocycles. The van der Waals surface area contributed by atoms with Gasteiger partial charge in [-0.25, -0.2) is 0 Å². The third-order valence-corrected chi connectivity index (χ3v) is 3.17. The summed E-state index contributed by atoms with van der Waals surface area (Å²) in [6.07, 6.45) is 3.06. The van der Waals surface area contributed by atoms with Gasteiger partial charge < -0.3 is 15.2 Å². The fourth-order valence-corrected chi connectivity index (χ4v) is 1.41. The highest BCUT2D eigenvalue weighted by atomic mass is 32.2. The maximum Gasteiger partial charge on any atom is 0.0897 e. The summed E-state index contributed by atoms with van der Waals surface area (Å²) in [6.45, 7) is 8.16. The van der Waals surface area contributed by atoms with Crippen molar-refractivity contribution in [3.05, 3.63) is 0 Å². The van der Waals surface area contributed by atoms with E-state index in [0.717, 1.165) is 13.0 Å².